The normalized spacial score (nSPS) is 10.0. The van der Waals surface area contributed by atoms with E-state index in [2.05, 4.69) is 11.6 Å². The summed E-state index contributed by atoms with van der Waals surface area (Å²) in [5.74, 6) is 0.120. The van der Waals surface area contributed by atoms with E-state index in [-0.39, 0.29) is 5.75 Å². The van der Waals surface area contributed by atoms with Gasteiger partial charge in [-0.25, -0.2) is 9.37 Å². The van der Waals surface area contributed by atoms with E-state index in [9.17, 15) is 4.39 Å². The molecule has 0 saturated heterocycles. The lowest BCUT2D eigenvalue weighted by atomic mass is 10.2. The third-order valence-corrected chi connectivity index (χ3v) is 2.27. The molecule has 0 radical (unpaired) electrons. The summed E-state index contributed by atoms with van der Waals surface area (Å²) in [5, 5.41) is 0. The number of nitrogens with zero attached hydrogens (tertiary/aromatic N) is 1. The van der Waals surface area contributed by atoms with Gasteiger partial charge < -0.3 is 4.74 Å². The Bertz CT molecular complexity index is 552. The zero-order valence-corrected chi connectivity index (χ0v) is 9.48. The predicted molar refractivity (Wildman–Crippen MR) is 65.5 cm³/mol. The van der Waals surface area contributed by atoms with Crippen LogP contribution in [-0.2, 0) is 0 Å². The van der Waals surface area contributed by atoms with E-state index in [0.717, 1.165) is 5.69 Å². The fourth-order valence-electron chi connectivity index (χ4n) is 1.41. The quantitative estimate of drug-likeness (QED) is 0.794. The van der Waals surface area contributed by atoms with Gasteiger partial charge in [0.2, 0.25) is 5.88 Å². The Morgan fingerprint density at radius 3 is 2.76 bits per heavy atom. The standard InChI is InChI=1S/C14H12FNO/c1-3-11-7-8-13(12(15)9-11)17-14-6-4-5-10(2)16-14/h3-9H,1H2,2H3. The highest BCUT2D eigenvalue weighted by Gasteiger charge is 2.05. The van der Waals surface area contributed by atoms with Crippen molar-refractivity contribution in [3.8, 4) is 11.6 Å². The van der Waals surface area contributed by atoms with Gasteiger partial charge in [0.15, 0.2) is 11.6 Å². The molecular formula is C14H12FNO. The van der Waals surface area contributed by atoms with Gasteiger partial charge in [-0.2, -0.15) is 0 Å². The maximum Gasteiger partial charge on any atom is 0.219 e. The topological polar surface area (TPSA) is 22.1 Å². The molecule has 2 aromatic rings. The maximum absolute atomic E-state index is 13.6. The van der Waals surface area contributed by atoms with Gasteiger partial charge >= 0.3 is 0 Å². The van der Waals surface area contributed by atoms with Crippen LogP contribution in [0.4, 0.5) is 4.39 Å². The molecule has 1 heterocycles. The van der Waals surface area contributed by atoms with Gasteiger partial charge in [0.25, 0.3) is 0 Å². The molecule has 2 nitrogen and oxygen atoms in total. The van der Waals surface area contributed by atoms with Crippen molar-refractivity contribution in [2.45, 2.75) is 6.92 Å². The molecule has 0 unspecified atom stereocenters. The maximum atomic E-state index is 13.6. The zero-order chi connectivity index (χ0) is 12.3. The van der Waals surface area contributed by atoms with Gasteiger partial charge in [-0.3, -0.25) is 0 Å². The first kappa shape index (κ1) is 11.3. The predicted octanol–water partition coefficient (Wildman–Crippen LogP) is 3.96. The number of rotatable bonds is 3. The first-order valence-corrected chi connectivity index (χ1v) is 5.22. The average molecular weight is 229 g/mol. The molecule has 2 rings (SSSR count). The van der Waals surface area contributed by atoms with Gasteiger partial charge in [-0.15, -0.1) is 0 Å². The van der Waals surface area contributed by atoms with Crippen LogP contribution >= 0.6 is 0 Å². The number of ether oxygens (including phenoxy) is 1. The van der Waals surface area contributed by atoms with Crippen molar-refractivity contribution in [2.24, 2.45) is 0 Å². The van der Waals surface area contributed by atoms with Crippen molar-refractivity contribution >= 4 is 6.08 Å². The second kappa shape index (κ2) is 4.78. The lowest BCUT2D eigenvalue weighted by molar-refractivity contribution is 0.426. The van der Waals surface area contributed by atoms with Crippen LogP contribution < -0.4 is 4.74 Å². The molecule has 1 aromatic carbocycles. The molecule has 0 spiro atoms. The monoisotopic (exact) mass is 229 g/mol. The highest BCUT2D eigenvalue weighted by Crippen LogP contribution is 2.24. The minimum absolute atomic E-state index is 0.161. The molecule has 1 aromatic heterocycles. The van der Waals surface area contributed by atoms with Crippen LogP contribution in [0, 0.1) is 12.7 Å². The lowest BCUT2D eigenvalue weighted by Gasteiger charge is -2.06. The number of benzene rings is 1. The van der Waals surface area contributed by atoms with Crippen molar-refractivity contribution in [1.29, 1.82) is 0 Å². The van der Waals surface area contributed by atoms with Crippen LogP contribution in [0.25, 0.3) is 6.08 Å². The molecule has 0 aliphatic rings. The van der Waals surface area contributed by atoms with Crippen LogP contribution in [-0.4, -0.2) is 4.98 Å². The van der Waals surface area contributed by atoms with E-state index in [4.69, 9.17) is 4.74 Å². The lowest BCUT2D eigenvalue weighted by Crippen LogP contribution is -1.92. The van der Waals surface area contributed by atoms with Crippen molar-refractivity contribution in [3.63, 3.8) is 0 Å². The number of hydrogen-bond acceptors (Lipinski definition) is 2. The molecule has 0 atom stereocenters. The van der Waals surface area contributed by atoms with Crippen LogP contribution in [0.2, 0.25) is 0 Å². The Balaban J connectivity index is 2.27. The number of halogens is 1. The van der Waals surface area contributed by atoms with Crippen molar-refractivity contribution < 1.29 is 9.13 Å². The Morgan fingerprint density at radius 1 is 1.29 bits per heavy atom. The Labute approximate surface area is 99.4 Å². The van der Waals surface area contributed by atoms with E-state index in [1.807, 2.05) is 19.1 Å². The molecule has 0 bridgehead atoms. The zero-order valence-electron chi connectivity index (χ0n) is 9.48. The number of hydrogen-bond donors (Lipinski definition) is 0. The molecule has 0 fully saturated rings. The molecule has 0 aliphatic carbocycles. The summed E-state index contributed by atoms with van der Waals surface area (Å²) in [6, 6.07) is 10.0. The third kappa shape index (κ3) is 2.69. The van der Waals surface area contributed by atoms with E-state index in [1.54, 1.807) is 24.3 Å². The summed E-state index contributed by atoms with van der Waals surface area (Å²) in [6.07, 6.45) is 1.58. The van der Waals surface area contributed by atoms with Gasteiger partial charge in [-0.05, 0) is 30.7 Å². The van der Waals surface area contributed by atoms with Crippen LogP contribution in [0.3, 0.4) is 0 Å². The van der Waals surface area contributed by atoms with Gasteiger partial charge in [0, 0.05) is 11.8 Å². The van der Waals surface area contributed by atoms with Crippen LogP contribution in [0.1, 0.15) is 11.3 Å². The highest BCUT2D eigenvalue weighted by atomic mass is 19.1. The van der Waals surface area contributed by atoms with E-state index in [1.165, 1.54) is 6.07 Å². The second-order valence-electron chi connectivity index (χ2n) is 3.61. The minimum atomic E-state index is -0.425. The summed E-state index contributed by atoms with van der Waals surface area (Å²) < 4.78 is 19.0. The average Bonchev–Trinajstić information content (AvgIpc) is 2.32. The molecule has 0 N–H and O–H groups in total. The Morgan fingerprint density at radius 2 is 2.12 bits per heavy atom. The summed E-state index contributed by atoms with van der Waals surface area (Å²) in [4.78, 5) is 4.14. The first-order chi connectivity index (χ1) is 8.19. The first-order valence-electron chi connectivity index (χ1n) is 5.22. The van der Waals surface area contributed by atoms with Crippen molar-refractivity contribution in [1.82, 2.24) is 4.98 Å². The van der Waals surface area contributed by atoms with Gasteiger partial charge in [0.05, 0.1) is 0 Å². The molecule has 0 amide bonds. The minimum Gasteiger partial charge on any atom is -0.436 e. The fourth-order valence-corrected chi connectivity index (χ4v) is 1.41. The number of aryl methyl sites for hydroxylation is 1. The third-order valence-electron chi connectivity index (χ3n) is 2.27. The summed E-state index contributed by atoms with van der Waals surface area (Å²) >= 11 is 0. The summed E-state index contributed by atoms with van der Waals surface area (Å²) in [7, 11) is 0. The summed E-state index contributed by atoms with van der Waals surface area (Å²) in [6.45, 7) is 5.43. The molecule has 0 aliphatic heterocycles. The SMILES string of the molecule is C=Cc1ccc(Oc2cccc(C)n2)c(F)c1. The smallest absolute Gasteiger partial charge is 0.219 e. The van der Waals surface area contributed by atoms with Crippen molar-refractivity contribution in [2.75, 3.05) is 0 Å². The van der Waals surface area contributed by atoms with Crippen LogP contribution in [0.5, 0.6) is 11.6 Å². The summed E-state index contributed by atoms with van der Waals surface area (Å²) in [5.41, 5.74) is 1.54. The molecule has 17 heavy (non-hydrogen) atoms. The molecular weight excluding hydrogens is 217 g/mol. The number of aromatic nitrogens is 1. The largest absolute Gasteiger partial charge is 0.436 e. The van der Waals surface area contributed by atoms with E-state index in [0.29, 0.717) is 11.4 Å². The van der Waals surface area contributed by atoms with E-state index < -0.39 is 5.82 Å². The molecule has 86 valence electrons. The number of pyridine rings is 1. The second-order valence-corrected chi connectivity index (χ2v) is 3.61. The highest BCUT2D eigenvalue weighted by molar-refractivity contribution is 5.49. The van der Waals surface area contributed by atoms with Crippen molar-refractivity contribution in [3.05, 3.63) is 60.1 Å². The van der Waals surface area contributed by atoms with E-state index >= 15 is 0 Å². The Hall–Kier alpha value is -2.16. The fraction of sp³-hybridized carbons (Fsp3) is 0.0714. The molecule has 3 heteroatoms. The van der Waals surface area contributed by atoms with Gasteiger partial charge in [-0.1, -0.05) is 24.8 Å². The van der Waals surface area contributed by atoms with Crippen LogP contribution in [0.15, 0.2) is 43.0 Å². The Kier molecular flexibility index (Phi) is 3.19. The van der Waals surface area contributed by atoms with Gasteiger partial charge in [0.1, 0.15) is 0 Å². The molecule has 0 saturated carbocycles.